The summed E-state index contributed by atoms with van der Waals surface area (Å²) in [5, 5.41) is 15.7. The summed E-state index contributed by atoms with van der Waals surface area (Å²) in [6.07, 6.45) is 2.78. The number of nitrogens with zero attached hydrogens (tertiary/aromatic N) is 1. The lowest BCUT2D eigenvalue weighted by molar-refractivity contribution is -0.139. The fraction of sp³-hybridized carbons (Fsp3) is 0.690. The Bertz CT molecular complexity index is 1020. The Hall–Kier alpha value is -2.06. The Morgan fingerprint density at radius 1 is 1.11 bits per heavy atom. The monoisotopic (exact) mass is 529 g/mol. The molecule has 204 valence electrons. The van der Waals surface area contributed by atoms with Gasteiger partial charge in [0, 0.05) is 29.6 Å². The van der Waals surface area contributed by atoms with E-state index in [-0.39, 0.29) is 40.9 Å². The summed E-state index contributed by atoms with van der Waals surface area (Å²) in [4.78, 5) is 43.5. The first-order chi connectivity index (χ1) is 17.3. The van der Waals surface area contributed by atoms with Gasteiger partial charge in [0.15, 0.2) is 0 Å². The minimum absolute atomic E-state index is 0.00476. The number of aliphatic hydroxyl groups is 1. The van der Waals surface area contributed by atoms with Crippen molar-refractivity contribution >= 4 is 35.2 Å². The van der Waals surface area contributed by atoms with E-state index in [0.717, 1.165) is 12.8 Å². The van der Waals surface area contributed by atoms with Gasteiger partial charge in [0.2, 0.25) is 17.7 Å². The molecule has 8 heteroatoms. The van der Waals surface area contributed by atoms with Gasteiger partial charge in [-0.15, -0.1) is 11.8 Å². The number of amides is 3. The molecule has 1 spiro atoms. The third-order valence-electron chi connectivity index (χ3n) is 8.08. The summed E-state index contributed by atoms with van der Waals surface area (Å²) in [5.41, 5.74) is 0.294. The maximum atomic E-state index is 14.1. The fourth-order valence-corrected chi connectivity index (χ4v) is 9.70. The van der Waals surface area contributed by atoms with Crippen LogP contribution in [-0.4, -0.2) is 62.5 Å². The molecule has 6 atom stereocenters. The first-order valence-corrected chi connectivity index (χ1v) is 14.5. The lowest BCUT2D eigenvalue weighted by atomic mass is 9.65. The molecule has 0 aliphatic carbocycles. The van der Waals surface area contributed by atoms with E-state index in [9.17, 15) is 19.5 Å². The van der Waals surface area contributed by atoms with Gasteiger partial charge in [-0.1, -0.05) is 45.9 Å². The maximum Gasteiger partial charge on any atom is 0.244 e. The number of carbonyl (C=O) groups excluding carboxylic acids is 3. The molecule has 3 fully saturated rings. The average molecular weight is 530 g/mol. The Morgan fingerprint density at radius 3 is 2.41 bits per heavy atom. The fourth-order valence-electron chi connectivity index (χ4n) is 7.27. The smallest absolute Gasteiger partial charge is 0.244 e. The first-order valence-electron chi connectivity index (χ1n) is 13.6. The summed E-state index contributed by atoms with van der Waals surface area (Å²) >= 11 is 1.69. The quantitative estimate of drug-likeness (QED) is 0.419. The van der Waals surface area contributed by atoms with Crippen molar-refractivity contribution in [1.29, 1.82) is 0 Å². The lowest BCUT2D eigenvalue weighted by Crippen LogP contribution is -2.60. The van der Waals surface area contributed by atoms with E-state index in [1.54, 1.807) is 16.7 Å². The van der Waals surface area contributed by atoms with Gasteiger partial charge in [0.05, 0.1) is 16.6 Å². The van der Waals surface area contributed by atoms with Crippen LogP contribution in [-0.2, 0) is 14.4 Å². The number of hydrogen-bond donors (Lipinski definition) is 3. The molecule has 2 bridgehead atoms. The molecule has 3 heterocycles. The Balaban J connectivity index is 1.67. The summed E-state index contributed by atoms with van der Waals surface area (Å²) in [7, 11) is 0. The molecule has 7 nitrogen and oxygen atoms in total. The predicted octanol–water partition coefficient (Wildman–Crippen LogP) is 4.07. The maximum absolute atomic E-state index is 14.1. The van der Waals surface area contributed by atoms with E-state index in [1.165, 1.54) is 0 Å². The standard InChI is InChI=1S/C29H43N3O4S/c1-18-16-20-21(24(34)30-19-12-8-7-9-13-19)22-26(36)32(14-10-11-15-33)23(29(18,22)37-20)25(35)31-28(5,6)17-27(2,3)4/h7-9,12-13,18,20-23,33H,10-11,14-17H2,1-6H3,(H,30,34)(H,31,35)/t18?,20-,21+,22+,23?,29?/m1/s1. The van der Waals surface area contributed by atoms with Crippen LogP contribution in [0, 0.1) is 23.2 Å². The van der Waals surface area contributed by atoms with Crippen molar-refractivity contribution in [3.63, 3.8) is 0 Å². The molecule has 3 amide bonds. The van der Waals surface area contributed by atoms with Gasteiger partial charge >= 0.3 is 0 Å². The highest BCUT2D eigenvalue weighted by Gasteiger charge is 2.76. The molecule has 4 rings (SSSR count). The van der Waals surface area contributed by atoms with Crippen LogP contribution >= 0.6 is 11.8 Å². The van der Waals surface area contributed by atoms with Gasteiger partial charge in [-0.2, -0.15) is 0 Å². The van der Waals surface area contributed by atoms with Crippen LogP contribution in [0.3, 0.4) is 0 Å². The largest absolute Gasteiger partial charge is 0.396 e. The van der Waals surface area contributed by atoms with Gasteiger partial charge < -0.3 is 20.6 Å². The Morgan fingerprint density at radius 2 is 1.78 bits per heavy atom. The van der Waals surface area contributed by atoms with E-state index >= 15 is 0 Å². The van der Waals surface area contributed by atoms with Gasteiger partial charge in [-0.3, -0.25) is 14.4 Å². The number of unbranched alkanes of at least 4 members (excludes halogenated alkanes) is 1. The van der Waals surface area contributed by atoms with Crippen LogP contribution < -0.4 is 10.6 Å². The molecule has 3 aliphatic heterocycles. The second-order valence-electron chi connectivity index (χ2n) is 13.0. The first kappa shape index (κ1) is 28.0. The zero-order valence-corrected chi connectivity index (χ0v) is 23.9. The van der Waals surface area contributed by atoms with Gasteiger partial charge in [0.1, 0.15) is 6.04 Å². The third-order valence-corrected chi connectivity index (χ3v) is 10.2. The minimum atomic E-state index is -0.637. The summed E-state index contributed by atoms with van der Waals surface area (Å²) < 4.78 is -0.637. The molecule has 1 aromatic carbocycles. The third kappa shape index (κ3) is 5.29. The van der Waals surface area contributed by atoms with Crippen molar-refractivity contribution < 1.29 is 19.5 Å². The van der Waals surface area contributed by atoms with E-state index in [0.29, 0.717) is 25.1 Å². The zero-order chi connectivity index (χ0) is 27.2. The molecule has 37 heavy (non-hydrogen) atoms. The molecular formula is C29H43N3O4S. The highest BCUT2D eigenvalue weighted by molar-refractivity contribution is 8.02. The number of aliphatic hydroxyl groups excluding tert-OH is 1. The number of benzene rings is 1. The van der Waals surface area contributed by atoms with E-state index in [2.05, 4.69) is 38.3 Å². The van der Waals surface area contributed by atoms with Crippen LogP contribution in [0.25, 0.3) is 0 Å². The van der Waals surface area contributed by atoms with E-state index in [1.807, 2.05) is 44.2 Å². The number of hydrogen-bond acceptors (Lipinski definition) is 5. The number of anilines is 1. The Kier molecular flexibility index (Phi) is 7.75. The highest BCUT2D eigenvalue weighted by Crippen LogP contribution is 2.68. The second-order valence-corrected chi connectivity index (χ2v) is 14.5. The van der Waals surface area contributed by atoms with Crippen molar-refractivity contribution in [2.45, 2.75) is 88.8 Å². The molecule has 0 saturated carbocycles. The van der Waals surface area contributed by atoms with Crippen LogP contribution in [0.5, 0.6) is 0 Å². The molecule has 0 radical (unpaired) electrons. The highest BCUT2D eigenvalue weighted by atomic mass is 32.2. The van der Waals surface area contributed by atoms with Gasteiger partial charge in [-0.25, -0.2) is 0 Å². The van der Waals surface area contributed by atoms with Crippen molar-refractivity contribution in [1.82, 2.24) is 10.2 Å². The Labute approximate surface area is 225 Å². The molecule has 3 saturated heterocycles. The van der Waals surface area contributed by atoms with E-state index in [4.69, 9.17) is 0 Å². The van der Waals surface area contributed by atoms with Gasteiger partial charge in [0.25, 0.3) is 0 Å². The molecule has 3 unspecified atom stereocenters. The normalized spacial score (nSPS) is 30.9. The predicted molar refractivity (Wildman–Crippen MR) is 148 cm³/mol. The molecule has 3 aliphatic rings. The number of fused-ring (bicyclic) bond motifs is 1. The van der Waals surface area contributed by atoms with Crippen LogP contribution in [0.2, 0.25) is 0 Å². The molecule has 0 aromatic heterocycles. The van der Waals surface area contributed by atoms with E-state index < -0.39 is 28.2 Å². The van der Waals surface area contributed by atoms with Crippen molar-refractivity contribution in [2.75, 3.05) is 18.5 Å². The zero-order valence-electron chi connectivity index (χ0n) is 23.0. The topological polar surface area (TPSA) is 98.7 Å². The summed E-state index contributed by atoms with van der Waals surface area (Å²) in [5.74, 6) is -1.25. The van der Waals surface area contributed by atoms with Crippen LogP contribution in [0.4, 0.5) is 5.69 Å². The lowest BCUT2D eigenvalue weighted by Gasteiger charge is -2.41. The molecular weight excluding hydrogens is 486 g/mol. The summed E-state index contributed by atoms with van der Waals surface area (Å²) in [6, 6.07) is 8.71. The SMILES string of the molecule is CC1C[C@H]2SC13C(C(=O)NC(C)(C)CC(C)(C)C)N(CCCCO)C(=O)[C@@H]3[C@H]2C(=O)Nc1ccccc1. The number of rotatable bonds is 9. The average Bonchev–Trinajstić information content (AvgIpc) is 3.36. The molecule has 1 aromatic rings. The van der Waals surface area contributed by atoms with Crippen molar-refractivity contribution in [2.24, 2.45) is 23.2 Å². The van der Waals surface area contributed by atoms with Crippen molar-refractivity contribution in [3.8, 4) is 0 Å². The van der Waals surface area contributed by atoms with Crippen LogP contribution in [0.15, 0.2) is 30.3 Å². The number of thioether (sulfide) groups is 1. The summed E-state index contributed by atoms with van der Waals surface area (Å²) in [6.45, 7) is 13.1. The van der Waals surface area contributed by atoms with Crippen LogP contribution in [0.1, 0.15) is 67.2 Å². The number of nitrogens with one attached hydrogen (secondary N) is 2. The molecule has 3 N–H and O–H groups in total. The van der Waals surface area contributed by atoms with Crippen molar-refractivity contribution in [3.05, 3.63) is 30.3 Å². The minimum Gasteiger partial charge on any atom is -0.396 e. The second kappa shape index (κ2) is 10.3. The number of carbonyl (C=O) groups is 3. The number of likely N-dealkylation sites (tertiary alicyclic amines) is 1. The van der Waals surface area contributed by atoms with Gasteiger partial charge in [-0.05, 0) is 63.0 Å². The number of para-hydroxylation sites is 1.